The molecule has 3 aromatic rings. The van der Waals surface area contributed by atoms with Gasteiger partial charge in [0.2, 0.25) is 0 Å². The number of ether oxygens (including phenoxy) is 1. The molecule has 0 bridgehead atoms. The van der Waals surface area contributed by atoms with Crippen LogP contribution in [0.2, 0.25) is 0 Å². The van der Waals surface area contributed by atoms with Crippen molar-refractivity contribution in [2.75, 3.05) is 7.11 Å². The zero-order valence-corrected chi connectivity index (χ0v) is 19.3. The summed E-state index contributed by atoms with van der Waals surface area (Å²) in [4.78, 5) is -1.55. The van der Waals surface area contributed by atoms with Gasteiger partial charge in [0.15, 0.2) is 0 Å². The lowest BCUT2D eigenvalue weighted by Gasteiger charge is -2.22. The summed E-state index contributed by atoms with van der Waals surface area (Å²) >= 11 is 0. The Labute approximate surface area is 187 Å². The quantitative estimate of drug-likeness (QED) is 0.473. The van der Waals surface area contributed by atoms with E-state index in [1.165, 1.54) is 55.7 Å². The van der Waals surface area contributed by atoms with E-state index < -0.39 is 47.9 Å². The molecule has 0 aliphatic rings. The van der Waals surface area contributed by atoms with Crippen LogP contribution in [0.3, 0.4) is 0 Å². The summed E-state index contributed by atoms with van der Waals surface area (Å²) < 4.78 is 84.9. The van der Waals surface area contributed by atoms with E-state index in [-0.39, 0.29) is 0 Å². The molecule has 3 rings (SSSR count). The van der Waals surface area contributed by atoms with Gasteiger partial charge in [-0.3, -0.25) is 0 Å². The molecule has 0 atom stereocenters. The van der Waals surface area contributed by atoms with Crippen molar-refractivity contribution in [2.45, 2.75) is 14.7 Å². The van der Waals surface area contributed by atoms with Crippen molar-refractivity contribution in [3.8, 4) is 5.75 Å². The predicted molar refractivity (Wildman–Crippen MR) is 119 cm³/mol. The summed E-state index contributed by atoms with van der Waals surface area (Å²) in [5.74, 6) is 0.310. The molecule has 168 valence electrons. The summed E-state index contributed by atoms with van der Waals surface area (Å²) in [6, 6.07) is 16.2. The van der Waals surface area contributed by atoms with Crippen LogP contribution in [-0.4, -0.2) is 35.5 Å². The van der Waals surface area contributed by atoms with Crippen LogP contribution in [0, 0.1) is 0 Å². The Morgan fingerprint density at radius 2 is 1.06 bits per heavy atom. The van der Waals surface area contributed by atoms with Gasteiger partial charge in [-0.1, -0.05) is 43.0 Å². The van der Waals surface area contributed by atoms with Gasteiger partial charge in [0, 0.05) is 3.12 Å². The largest absolute Gasteiger partial charge is 0.497 e. The zero-order chi connectivity index (χ0) is 23.6. The summed E-state index contributed by atoms with van der Waals surface area (Å²) in [7, 11) is -13.8. The Bertz CT molecular complexity index is 1430. The number of rotatable bonds is 8. The number of hydrogen-bond donors (Lipinski definition) is 0. The molecule has 3 aromatic carbocycles. The fraction of sp³-hybridized carbons (Fsp3) is 0.0476. The molecule has 0 N–H and O–H groups in total. The smallest absolute Gasteiger partial charge is 0.270 e. The number of sulfonamides is 3. The highest BCUT2D eigenvalue weighted by molar-refractivity contribution is 8.17. The molecule has 0 fully saturated rings. The number of nitrogens with zero attached hydrogens (tertiary/aromatic N) is 1. The molecule has 8 nitrogen and oxygen atoms in total. The second kappa shape index (κ2) is 8.87. The van der Waals surface area contributed by atoms with E-state index in [1.54, 1.807) is 0 Å². The summed E-state index contributed by atoms with van der Waals surface area (Å²) in [6.45, 7) is 3.57. The van der Waals surface area contributed by atoms with Gasteiger partial charge in [-0.15, -0.1) is 0 Å². The Morgan fingerprint density at radius 1 is 0.656 bits per heavy atom. The van der Waals surface area contributed by atoms with E-state index in [4.69, 9.17) is 4.74 Å². The Morgan fingerprint density at radius 3 is 1.47 bits per heavy atom. The number of hydrogen-bond acceptors (Lipinski definition) is 7. The molecule has 32 heavy (non-hydrogen) atoms. The lowest BCUT2D eigenvalue weighted by atomic mass is 10.2. The van der Waals surface area contributed by atoms with Crippen LogP contribution in [0.4, 0.5) is 0 Å². The molecule has 11 heteroatoms. The van der Waals surface area contributed by atoms with Gasteiger partial charge in [-0.2, -0.15) is 0 Å². The predicted octanol–water partition coefficient (Wildman–Crippen LogP) is 3.11. The minimum Gasteiger partial charge on any atom is -0.497 e. The monoisotopic (exact) mass is 493 g/mol. The SMILES string of the molecule is C=Cc1ccc(S(=O)(=O)N(S(=O)(=O)c2ccccc2)S(=O)(=O)c2ccc(OC)cc2)cc1. The zero-order valence-electron chi connectivity index (χ0n) is 16.8. The summed E-state index contributed by atoms with van der Waals surface area (Å²) in [5.41, 5.74) is 0.569. The van der Waals surface area contributed by atoms with E-state index in [9.17, 15) is 25.3 Å². The van der Waals surface area contributed by atoms with Crippen molar-refractivity contribution in [2.24, 2.45) is 0 Å². The van der Waals surface area contributed by atoms with Crippen LogP contribution in [0.25, 0.3) is 6.08 Å². The third kappa shape index (κ3) is 4.32. The average Bonchev–Trinajstić information content (AvgIpc) is 2.79. The highest BCUT2D eigenvalue weighted by Crippen LogP contribution is 2.32. The van der Waals surface area contributed by atoms with Crippen molar-refractivity contribution in [1.82, 2.24) is 3.12 Å². The van der Waals surface area contributed by atoms with Gasteiger partial charge < -0.3 is 4.74 Å². The average molecular weight is 494 g/mol. The Hall–Kier alpha value is -2.99. The molecule has 0 amide bonds. The lowest BCUT2D eigenvalue weighted by molar-refractivity contribution is 0.414. The maximum Gasteiger partial charge on any atom is 0.270 e. The van der Waals surface area contributed by atoms with E-state index in [0.29, 0.717) is 11.3 Å². The molecular formula is C21H19NO7S3. The molecule has 0 unspecified atom stereocenters. The lowest BCUT2D eigenvalue weighted by Crippen LogP contribution is -2.41. The van der Waals surface area contributed by atoms with E-state index in [2.05, 4.69) is 6.58 Å². The first-order valence-corrected chi connectivity index (χ1v) is 13.3. The van der Waals surface area contributed by atoms with E-state index >= 15 is 0 Å². The van der Waals surface area contributed by atoms with Crippen LogP contribution in [0.15, 0.2) is 100 Å². The normalized spacial score (nSPS) is 12.4. The fourth-order valence-electron chi connectivity index (χ4n) is 2.76. The van der Waals surface area contributed by atoms with Crippen LogP contribution in [0.5, 0.6) is 5.75 Å². The molecule has 0 aliphatic carbocycles. The number of methoxy groups -OCH3 is 1. The maximum absolute atomic E-state index is 13.4. The van der Waals surface area contributed by atoms with Crippen LogP contribution in [-0.2, 0) is 30.1 Å². The molecule has 0 radical (unpaired) electrons. The van der Waals surface area contributed by atoms with Crippen molar-refractivity contribution in [3.05, 3.63) is 91.0 Å². The minimum atomic E-state index is -5.07. The second-order valence-electron chi connectivity index (χ2n) is 6.41. The van der Waals surface area contributed by atoms with Gasteiger partial charge in [0.1, 0.15) is 5.75 Å². The van der Waals surface area contributed by atoms with Gasteiger partial charge >= 0.3 is 0 Å². The van der Waals surface area contributed by atoms with Crippen molar-refractivity contribution < 1.29 is 30.0 Å². The molecule has 0 saturated heterocycles. The first-order chi connectivity index (χ1) is 15.0. The third-order valence-electron chi connectivity index (χ3n) is 4.40. The second-order valence-corrected chi connectivity index (χ2v) is 12.5. The van der Waals surface area contributed by atoms with Crippen LogP contribution < -0.4 is 4.74 Å². The van der Waals surface area contributed by atoms with Gasteiger partial charge in [-0.05, 0) is 54.1 Å². The molecule has 0 spiro atoms. The maximum atomic E-state index is 13.4. The molecular weight excluding hydrogens is 474 g/mol. The van der Waals surface area contributed by atoms with Gasteiger partial charge in [0.05, 0.1) is 21.8 Å². The number of benzene rings is 3. The first-order valence-electron chi connectivity index (χ1n) is 9.02. The van der Waals surface area contributed by atoms with Gasteiger partial charge in [0.25, 0.3) is 30.1 Å². The highest BCUT2D eigenvalue weighted by Gasteiger charge is 2.47. The van der Waals surface area contributed by atoms with Crippen molar-refractivity contribution in [1.29, 1.82) is 0 Å². The van der Waals surface area contributed by atoms with Crippen LogP contribution >= 0.6 is 0 Å². The molecule has 0 aliphatic heterocycles. The summed E-state index contributed by atoms with van der Waals surface area (Å²) in [5, 5.41) is 0. The first kappa shape index (κ1) is 23.7. The van der Waals surface area contributed by atoms with E-state index in [1.807, 2.05) is 0 Å². The molecule has 0 heterocycles. The topological polar surface area (TPSA) is 115 Å². The van der Waals surface area contributed by atoms with Crippen molar-refractivity contribution >= 4 is 36.1 Å². The Balaban J connectivity index is 2.29. The van der Waals surface area contributed by atoms with Gasteiger partial charge in [-0.25, -0.2) is 25.3 Å². The Kier molecular flexibility index (Phi) is 6.56. The third-order valence-corrected chi connectivity index (χ3v) is 11.7. The van der Waals surface area contributed by atoms with Crippen LogP contribution in [0.1, 0.15) is 5.56 Å². The fourth-order valence-corrected chi connectivity index (χ4v) is 9.39. The standard InChI is InChI=1S/C21H19NO7S3/c1-3-17-9-13-20(14-10-17)31(25,26)22(30(23,24)19-7-5-4-6-8-19)32(27,28)21-15-11-18(29-2)12-16-21/h3-16H,1H2,2H3. The van der Waals surface area contributed by atoms with E-state index in [0.717, 1.165) is 36.4 Å². The minimum absolute atomic E-state index is 0.310. The van der Waals surface area contributed by atoms with Crippen molar-refractivity contribution in [3.63, 3.8) is 0 Å². The molecule has 0 aromatic heterocycles. The highest BCUT2D eigenvalue weighted by atomic mass is 32.3. The summed E-state index contributed by atoms with van der Waals surface area (Å²) in [6.07, 6.45) is 1.46. The molecule has 0 saturated carbocycles.